The number of carboxylic acid groups (broad SMARTS) is 1. The second kappa shape index (κ2) is 4.90. The highest BCUT2D eigenvalue weighted by atomic mass is 16.4. The number of hydrogen-bond acceptors (Lipinski definition) is 3. The van der Waals surface area contributed by atoms with Gasteiger partial charge < -0.3 is 15.7 Å². The summed E-state index contributed by atoms with van der Waals surface area (Å²) in [6.07, 6.45) is 3.09. The van der Waals surface area contributed by atoms with Crippen molar-refractivity contribution in [2.45, 2.75) is 38.3 Å². The third-order valence-corrected chi connectivity index (χ3v) is 4.46. The summed E-state index contributed by atoms with van der Waals surface area (Å²) in [5, 5.41) is 15.4. The van der Waals surface area contributed by atoms with Gasteiger partial charge in [0.1, 0.15) is 0 Å². The van der Waals surface area contributed by atoms with Gasteiger partial charge in [-0.3, -0.25) is 4.79 Å². The van der Waals surface area contributed by atoms with Gasteiger partial charge in [0.05, 0.1) is 11.5 Å². The molecule has 2 fully saturated rings. The van der Waals surface area contributed by atoms with E-state index in [-0.39, 0.29) is 23.4 Å². The fourth-order valence-electron chi connectivity index (χ4n) is 3.34. The van der Waals surface area contributed by atoms with E-state index in [1.165, 1.54) is 0 Å². The van der Waals surface area contributed by atoms with Crippen LogP contribution in [0, 0.1) is 12.8 Å². The van der Waals surface area contributed by atoms with Crippen LogP contribution in [0.15, 0.2) is 18.2 Å². The lowest BCUT2D eigenvalue weighted by Gasteiger charge is -2.20. The van der Waals surface area contributed by atoms with Crippen LogP contribution in [0.25, 0.3) is 0 Å². The number of amides is 1. The van der Waals surface area contributed by atoms with Crippen LogP contribution in [0.1, 0.15) is 35.2 Å². The van der Waals surface area contributed by atoms with Crippen LogP contribution in [-0.4, -0.2) is 29.1 Å². The summed E-state index contributed by atoms with van der Waals surface area (Å²) in [5.41, 5.74) is 1.43. The highest BCUT2D eigenvalue weighted by molar-refractivity contribution is 5.97. The van der Waals surface area contributed by atoms with Crippen LogP contribution in [0.4, 0.5) is 5.69 Å². The molecule has 3 rings (SSSR count). The largest absolute Gasteiger partial charge is 0.478 e. The van der Waals surface area contributed by atoms with Gasteiger partial charge in [-0.2, -0.15) is 0 Å². The lowest BCUT2D eigenvalue weighted by atomic mass is 9.88. The maximum absolute atomic E-state index is 12.3. The number of aromatic carboxylic acids is 1. The highest BCUT2D eigenvalue weighted by Gasteiger charge is 2.42. The molecule has 5 nitrogen and oxygen atoms in total. The van der Waals surface area contributed by atoms with Crippen LogP contribution in [0.3, 0.4) is 0 Å². The zero-order valence-electron chi connectivity index (χ0n) is 11.3. The average Bonchev–Trinajstić information content (AvgIpc) is 3.03. The van der Waals surface area contributed by atoms with E-state index >= 15 is 0 Å². The summed E-state index contributed by atoms with van der Waals surface area (Å²) in [5.74, 6) is -0.975. The smallest absolute Gasteiger partial charge is 0.336 e. The topological polar surface area (TPSA) is 78.4 Å². The van der Waals surface area contributed by atoms with E-state index in [9.17, 15) is 9.59 Å². The molecule has 3 atom stereocenters. The Morgan fingerprint density at radius 3 is 2.75 bits per heavy atom. The Bertz CT molecular complexity index is 570. The van der Waals surface area contributed by atoms with Gasteiger partial charge in [-0.1, -0.05) is 6.07 Å². The SMILES string of the molecule is Cc1c(NC(=O)C2CC3CCC2N3)cccc1C(=O)O. The molecular weight excluding hydrogens is 256 g/mol. The molecule has 1 aromatic carbocycles. The Hall–Kier alpha value is -1.88. The van der Waals surface area contributed by atoms with Gasteiger partial charge in [-0.15, -0.1) is 0 Å². The van der Waals surface area contributed by atoms with Gasteiger partial charge in [0.15, 0.2) is 0 Å². The number of benzene rings is 1. The maximum Gasteiger partial charge on any atom is 0.336 e. The van der Waals surface area contributed by atoms with E-state index in [1.54, 1.807) is 25.1 Å². The summed E-state index contributed by atoms with van der Waals surface area (Å²) in [6.45, 7) is 1.72. The second-order valence-corrected chi connectivity index (χ2v) is 5.66. The van der Waals surface area contributed by atoms with Crippen molar-refractivity contribution in [3.8, 4) is 0 Å². The molecule has 2 aliphatic rings. The Morgan fingerprint density at radius 2 is 2.15 bits per heavy atom. The molecule has 3 unspecified atom stereocenters. The molecule has 2 aliphatic heterocycles. The first-order chi connectivity index (χ1) is 9.56. The van der Waals surface area contributed by atoms with Crippen molar-refractivity contribution in [3.05, 3.63) is 29.3 Å². The molecule has 0 spiro atoms. The fraction of sp³-hybridized carbons (Fsp3) is 0.467. The van der Waals surface area contributed by atoms with Crippen LogP contribution >= 0.6 is 0 Å². The Balaban J connectivity index is 1.76. The zero-order valence-corrected chi connectivity index (χ0v) is 11.3. The van der Waals surface area contributed by atoms with Crippen LogP contribution in [0.2, 0.25) is 0 Å². The molecule has 1 amide bonds. The first kappa shape index (κ1) is 13.1. The number of rotatable bonds is 3. The maximum atomic E-state index is 12.3. The van der Waals surface area contributed by atoms with Crippen molar-refractivity contribution in [2.75, 3.05) is 5.32 Å². The molecule has 0 radical (unpaired) electrons. The average molecular weight is 274 g/mol. The Morgan fingerprint density at radius 1 is 1.35 bits per heavy atom. The Labute approximate surface area is 117 Å². The third kappa shape index (κ3) is 2.18. The summed E-state index contributed by atoms with van der Waals surface area (Å²) in [4.78, 5) is 23.4. The first-order valence-electron chi connectivity index (χ1n) is 6.96. The molecule has 2 saturated heterocycles. The third-order valence-electron chi connectivity index (χ3n) is 4.46. The molecule has 20 heavy (non-hydrogen) atoms. The molecular formula is C15H18N2O3. The van der Waals surface area contributed by atoms with E-state index in [1.807, 2.05) is 0 Å². The zero-order chi connectivity index (χ0) is 14.3. The number of carboxylic acids is 1. The number of hydrogen-bond donors (Lipinski definition) is 3. The lowest BCUT2D eigenvalue weighted by Crippen LogP contribution is -2.33. The van der Waals surface area contributed by atoms with Gasteiger partial charge in [0.2, 0.25) is 5.91 Å². The molecule has 1 aromatic rings. The second-order valence-electron chi connectivity index (χ2n) is 5.66. The summed E-state index contributed by atoms with van der Waals surface area (Å²) < 4.78 is 0. The van der Waals surface area contributed by atoms with E-state index in [0.29, 0.717) is 17.3 Å². The molecule has 2 heterocycles. The van der Waals surface area contributed by atoms with Gasteiger partial charge in [0.25, 0.3) is 0 Å². The van der Waals surface area contributed by atoms with E-state index in [2.05, 4.69) is 10.6 Å². The van der Waals surface area contributed by atoms with Gasteiger partial charge >= 0.3 is 5.97 Å². The minimum absolute atomic E-state index is 0.00151. The minimum atomic E-state index is -0.972. The lowest BCUT2D eigenvalue weighted by molar-refractivity contribution is -0.120. The van der Waals surface area contributed by atoms with Crippen molar-refractivity contribution >= 4 is 17.6 Å². The van der Waals surface area contributed by atoms with Crippen LogP contribution in [-0.2, 0) is 4.79 Å². The number of nitrogens with one attached hydrogen (secondary N) is 2. The Kier molecular flexibility index (Phi) is 3.22. The molecule has 0 aliphatic carbocycles. The first-order valence-corrected chi connectivity index (χ1v) is 6.96. The normalized spacial score (nSPS) is 27.6. The van der Waals surface area contributed by atoms with Crippen molar-refractivity contribution in [2.24, 2.45) is 5.92 Å². The summed E-state index contributed by atoms with van der Waals surface area (Å²) in [7, 11) is 0. The molecule has 2 bridgehead atoms. The molecule has 5 heteroatoms. The van der Waals surface area contributed by atoms with Gasteiger partial charge in [-0.05, 0) is 43.9 Å². The molecule has 0 aromatic heterocycles. The van der Waals surface area contributed by atoms with Crippen molar-refractivity contribution in [1.29, 1.82) is 0 Å². The monoisotopic (exact) mass is 274 g/mol. The van der Waals surface area contributed by atoms with Crippen LogP contribution < -0.4 is 10.6 Å². The number of fused-ring (bicyclic) bond motifs is 2. The fourth-order valence-corrected chi connectivity index (χ4v) is 3.34. The van der Waals surface area contributed by atoms with Crippen molar-refractivity contribution in [3.63, 3.8) is 0 Å². The minimum Gasteiger partial charge on any atom is -0.478 e. The summed E-state index contributed by atoms with van der Waals surface area (Å²) in [6, 6.07) is 5.71. The molecule has 0 saturated carbocycles. The summed E-state index contributed by atoms with van der Waals surface area (Å²) >= 11 is 0. The van der Waals surface area contributed by atoms with Crippen LogP contribution in [0.5, 0.6) is 0 Å². The number of carbonyl (C=O) groups excluding carboxylic acids is 1. The van der Waals surface area contributed by atoms with E-state index in [0.717, 1.165) is 19.3 Å². The predicted molar refractivity (Wildman–Crippen MR) is 74.8 cm³/mol. The highest BCUT2D eigenvalue weighted by Crippen LogP contribution is 2.34. The van der Waals surface area contributed by atoms with Crippen molar-refractivity contribution in [1.82, 2.24) is 5.32 Å². The quantitative estimate of drug-likeness (QED) is 0.785. The molecule has 3 N–H and O–H groups in total. The van der Waals surface area contributed by atoms with E-state index in [4.69, 9.17) is 5.11 Å². The van der Waals surface area contributed by atoms with Gasteiger partial charge in [-0.25, -0.2) is 4.79 Å². The van der Waals surface area contributed by atoms with E-state index < -0.39 is 5.97 Å². The van der Waals surface area contributed by atoms with Gasteiger partial charge in [0, 0.05) is 17.8 Å². The molecule has 106 valence electrons. The number of carbonyl (C=O) groups is 2. The van der Waals surface area contributed by atoms with Crippen molar-refractivity contribution < 1.29 is 14.7 Å². The standard InChI is InChI=1S/C15H18N2O3/c1-8-10(15(19)20)3-2-4-12(8)17-14(18)11-7-9-5-6-13(11)16-9/h2-4,9,11,13,16H,5-7H2,1H3,(H,17,18)(H,19,20). The number of anilines is 1. The predicted octanol–water partition coefficient (Wildman–Crippen LogP) is 1.77.